The predicted molar refractivity (Wildman–Crippen MR) is 79.9 cm³/mol. The normalized spacial score (nSPS) is 23.0. The molecular formula is C14H20N2O5S. The molecule has 8 heteroatoms. The van der Waals surface area contributed by atoms with Gasteiger partial charge in [-0.05, 0) is 37.1 Å². The second-order valence-corrected chi connectivity index (χ2v) is 7.01. The summed E-state index contributed by atoms with van der Waals surface area (Å²) in [4.78, 5) is 12.0. The number of rotatable bonds is 4. The quantitative estimate of drug-likeness (QED) is 0.801. The number of esters is 1. The third kappa shape index (κ3) is 3.23. The molecule has 1 saturated heterocycles. The van der Waals surface area contributed by atoms with E-state index in [1.807, 2.05) is 0 Å². The minimum Gasteiger partial charge on any atom is -0.497 e. The van der Waals surface area contributed by atoms with Crippen LogP contribution in [0.4, 0.5) is 0 Å². The molecule has 2 N–H and O–H groups in total. The first-order valence-corrected chi connectivity index (χ1v) is 8.33. The maximum atomic E-state index is 12.8. The molecule has 0 spiro atoms. The molecule has 122 valence electrons. The van der Waals surface area contributed by atoms with Crippen molar-refractivity contribution in [2.24, 2.45) is 5.73 Å². The number of methoxy groups -OCH3 is 2. The van der Waals surface area contributed by atoms with Crippen LogP contribution < -0.4 is 10.5 Å². The topological polar surface area (TPSA) is 98.9 Å². The summed E-state index contributed by atoms with van der Waals surface area (Å²) in [5, 5.41) is 0. The van der Waals surface area contributed by atoms with E-state index in [9.17, 15) is 13.2 Å². The molecule has 0 bridgehead atoms. The molecule has 0 radical (unpaired) electrons. The van der Waals surface area contributed by atoms with Crippen LogP contribution in [-0.2, 0) is 19.6 Å². The lowest BCUT2D eigenvalue weighted by atomic mass is 10.0. The molecule has 2 rings (SSSR count). The van der Waals surface area contributed by atoms with Gasteiger partial charge in [0.2, 0.25) is 10.0 Å². The lowest BCUT2D eigenvalue weighted by molar-refractivity contribution is -0.146. The van der Waals surface area contributed by atoms with Crippen LogP contribution in [0.1, 0.15) is 12.8 Å². The summed E-state index contributed by atoms with van der Waals surface area (Å²) < 4.78 is 36.4. The van der Waals surface area contributed by atoms with Gasteiger partial charge in [-0.2, -0.15) is 4.31 Å². The Morgan fingerprint density at radius 1 is 1.27 bits per heavy atom. The predicted octanol–water partition coefficient (Wildman–Crippen LogP) is 0.349. The third-order valence-electron chi connectivity index (χ3n) is 3.73. The smallest absolute Gasteiger partial charge is 0.324 e. The summed E-state index contributed by atoms with van der Waals surface area (Å²) in [6, 6.07) is 4.94. The van der Waals surface area contributed by atoms with Gasteiger partial charge in [-0.25, -0.2) is 8.42 Å². The van der Waals surface area contributed by atoms with Crippen molar-refractivity contribution in [2.75, 3.05) is 20.8 Å². The highest BCUT2D eigenvalue weighted by atomic mass is 32.2. The van der Waals surface area contributed by atoms with Crippen molar-refractivity contribution in [2.45, 2.75) is 29.8 Å². The van der Waals surface area contributed by atoms with Gasteiger partial charge in [0.25, 0.3) is 0 Å². The van der Waals surface area contributed by atoms with Gasteiger partial charge in [-0.1, -0.05) is 0 Å². The highest BCUT2D eigenvalue weighted by molar-refractivity contribution is 7.89. The lowest BCUT2D eigenvalue weighted by Gasteiger charge is -2.35. The van der Waals surface area contributed by atoms with E-state index >= 15 is 0 Å². The molecule has 0 aromatic heterocycles. The first-order valence-electron chi connectivity index (χ1n) is 6.89. The highest BCUT2D eigenvalue weighted by Gasteiger charge is 2.40. The van der Waals surface area contributed by atoms with E-state index in [-0.39, 0.29) is 23.9 Å². The van der Waals surface area contributed by atoms with Gasteiger partial charge in [-0.3, -0.25) is 4.79 Å². The van der Waals surface area contributed by atoms with Gasteiger partial charge in [0.05, 0.1) is 19.1 Å². The average molecular weight is 328 g/mol. The summed E-state index contributed by atoms with van der Waals surface area (Å²) in [5.74, 6) is -0.0311. The third-order valence-corrected chi connectivity index (χ3v) is 5.66. The second kappa shape index (κ2) is 6.64. The standard InChI is InChI=1S/C14H20N2O5S/c1-20-11-3-5-12(6-4-11)22(18,19)16-8-7-10(15)9-13(16)14(17)21-2/h3-6,10,13H,7-9,15H2,1-2H3/t10-,13+/m0/s1. The Bertz CT molecular complexity index is 629. The second-order valence-electron chi connectivity index (χ2n) is 5.11. The van der Waals surface area contributed by atoms with E-state index < -0.39 is 22.0 Å². The van der Waals surface area contributed by atoms with E-state index in [1.54, 1.807) is 12.1 Å². The van der Waals surface area contributed by atoms with E-state index in [4.69, 9.17) is 15.2 Å². The van der Waals surface area contributed by atoms with Crippen LogP contribution in [0.5, 0.6) is 5.75 Å². The number of sulfonamides is 1. The van der Waals surface area contributed by atoms with Crippen molar-refractivity contribution in [3.63, 3.8) is 0 Å². The number of nitrogens with two attached hydrogens (primary N) is 1. The number of nitrogens with zero attached hydrogens (tertiary/aromatic N) is 1. The molecule has 1 aromatic carbocycles. The summed E-state index contributed by atoms with van der Waals surface area (Å²) in [7, 11) is -1.05. The van der Waals surface area contributed by atoms with Crippen molar-refractivity contribution in [3.05, 3.63) is 24.3 Å². The number of hydrogen-bond donors (Lipinski definition) is 1. The summed E-state index contributed by atoms with van der Waals surface area (Å²) in [6.07, 6.45) is 0.755. The zero-order chi connectivity index (χ0) is 16.3. The van der Waals surface area contributed by atoms with E-state index in [0.717, 1.165) is 0 Å². The Kier molecular flexibility index (Phi) is 5.05. The van der Waals surface area contributed by atoms with Crippen LogP contribution in [0.2, 0.25) is 0 Å². The van der Waals surface area contributed by atoms with Gasteiger partial charge in [-0.15, -0.1) is 0 Å². The molecule has 2 atom stereocenters. The van der Waals surface area contributed by atoms with Gasteiger partial charge < -0.3 is 15.2 Å². The van der Waals surface area contributed by atoms with Crippen molar-refractivity contribution >= 4 is 16.0 Å². The molecule has 0 amide bonds. The van der Waals surface area contributed by atoms with Crippen molar-refractivity contribution < 1.29 is 22.7 Å². The fraction of sp³-hybridized carbons (Fsp3) is 0.500. The minimum absolute atomic E-state index is 0.109. The van der Waals surface area contributed by atoms with E-state index in [0.29, 0.717) is 12.2 Å². The molecule has 0 saturated carbocycles. The Morgan fingerprint density at radius 3 is 2.45 bits per heavy atom. The Balaban J connectivity index is 2.34. The molecule has 1 fully saturated rings. The average Bonchev–Trinajstić information content (AvgIpc) is 2.53. The summed E-state index contributed by atoms with van der Waals surface area (Å²) in [6.45, 7) is 0.190. The summed E-state index contributed by atoms with van der Waals surface area (Å²) >= 11 is 0. The number of carbonyl (C=O) groups is 1. The number of ether oxygens (including phenoxy) is 2. The Hall–Kier alpha value is -1.64. The van der Waals surface area contributed by atoms with E-state index in [1.165, 1.54) is 30.7 Å². The maximum Gasteiger partial charge on any atom is 0.324 e. The van der Waals surface area contributed by atoms with Gasteiger partial charge in [0.1, 0.15) is 11.8 Å². The molecule has 1 aliphatic rings. The van der Waals surface area contributed by atoms with Crippen LogP contribution >= 0.6 is 0 Å². The van der Waals surface area contributed by atoms with Crippen LogP contribution in [0.3, 0.4) is 0 Å². The molecule has 1 aliphatic heterocycles. The van der Waals surface area contributed by atoms with Gasteiger partial charge >= 0.3 is 5.97 Å². The monoisotopic (exact) mass is 328 g/mol. The number of hydrogen-bond acceptors (Lipinski definition) is 6. The number of carbonyl (C=O) groups excluding carboxylic acids is 1. The van der Waals surface area contributed by atoms with Crippen LogP contribution in [0, 0.1) is 0 Å². The SMILES string of the molecule is COC(=O)[C@H]1C[C@@H](N)CCN1S(=O)(=O)c1ccc(OC)cc1. The zero-order valence-electron chi connectivity index (χ0n) is 12.6. The van der Waals surface area contributed by atoms with Crippen molar-refractivity contribution in [3.8, 4) is 5.75 Å². The molecule has 0 unspecified atom stereocenters. The Labute approximate surface area is 130 Å². The molecule has 1 heterocycles. The number of benzene rings is 1. The van der Waals surface area contributed by atoms with Gasteiger partial charge in [0.15, 0.2) is 0 Å². The molecule has 1 aromatic rings. The molecule has 0 aliphatic carbocycles. The number of piperidine rings is 1. The van der Waals surface area contributed by atoms with Crippen molar-refractivity contribution in [1.29, 1.82) is 0 Å². The van der Waals surface area contributed by atoms with Crippen LogP contribution in [0.15, 0.2) is 29.2 Å². The molecule has 22 heavy (non-hydrogen) atoms. The van der Waals surface area contributed by atoms with Crippen LogP contribution in [0.25, 0.3) is 0 Å². The molecule has 7 nitrogen and oxygen atoms in total. The fourth-order valence-electron chi connectivity index (χ4n) is 2.49. The van der Waals surface area contributed by atoms with Crippen molar-refractivity contribution in [1.82, 2.24) is 4.31 Å². The van der Waals surface area contributed by atoms with Gasteiger partial charge in [0, 0.05) is 12.6 Å². The zero-order valence-corrected chi connectivity index (χ0v) is 13.4. The first-order chi connectivity index (χ1) is 10.4. The van der Waals surface area contributed by atoms with E-state index in [2.05, 4.69) is 0 Å². The lowest BCUT2D eigenvalue weighted by Crippen LogP contribution is -2.53. The molecular weight excluding hydrogens is 308 g/mol. The Morgan fingerprint density at radius 2 is 1.91 bits per heavy atom. The first kappa shape index (κ1) is 16.7. The summed E-state index contributed by atoms with van der Waals surface area (Å²) in [5.41, 5.74) is 5.85. The van der Waals surface area contributed by atoms with Crippen LogP contribution in [-0.4, -0.2) is 51.5 Å². The maximum absolute atomic E-state index is 12.8. The highest BCUT2D eigenvalue weighted by Crippen LogP contribution is 2.26. The minimum atomic E-state index is -3.79. The fourth-order valence-corrected chi connectivity index (χ4v) is 4.10. The largest absolute Gasteiger partial charge is 0.497 e.